The van der Waals surface area contributed by atoms with Crippen molar-refractivity contribution in [3.8, 4) is 5.75 Å². The maximum Gasteiger partial charge on any atom is 0.265 e. The lowest BCUT2D eigenvalue weighted by molar-refractivity contribution is -0.122. The van der Waals surface area contributed by atoms with E-state index in [9.17, 15) is 17.6 Å². The van der Waals surface area contributed by atoms with Crippen molar-refractivity contribution in [3.63, 3.8) is 0 Å². The molecule has 1 amide bonds. The van der Waals surface area contributed by atoms with Crippen molar-refractivity contribution in [2.75, 3.05) is 10.0 Å². The lowest BCUT2D eigenvalue weighted by atomic mass is 10.2. The number of halogens is 1. The number of hydrogen-bond donors (Lipinski definition) is 2. The summed E-state index contributed by atoms with van der Waals surface area (Å²) in [5, 5.41) is 2.63. The van der Waals surface area contributed by atoms with Crippen LogP contribution in [-0.2, 0) is 14.8 Å². The highest BCUT2D eigenvalue weighted by Gasteiger charge is 2.24. The molecule has 0 bridgehead atoms. The topological polar surface area (TPSA) is 84.5 Å². The van der Waals surface area contributed by atoms with E-state index in [4.69, 9.17) is 4.74 Å². The fourth-order valence-electron chi connectivity index (χ4n) is 2.10. The molecule has 0 aromatic heterocycles. The number of ether oxygens (including phenoxy) is 1. The van der Waals surface area contributed by atoms with Gasteiger partial charge in [0, 0.05) is 0 Å². The maximum atomic E-state index is 12.9. The van der Waals surface area contributed by atoms with Gasteiger partial charge in [-0.1, -0.05) is 0 Å². The van der Waals surface area contributed by atoms with Gasteiger partial charge < -0.3 is 10.1 Å². The van der Waals surface area contributed by atoms with Crippen LogP contribution in [0.2, 0.25) is 0 Å². The molecule has 1 aliphatic rings. The smallest absolute Gasteiger partial charge is 0.265 e. The lowest BCUT2D eigenvalue weighted by Crippen LogP contribution is -2.34. The molecule has 8 heteroatoms. The Balaban J connectivity index is 1.87. The van der Waals surface area contributed by atoms with Gasteiger partial charge in [0.15, 0.2) is 6.10 Å². The Kier molecular flexibility index (Phi) is 3.69. The zero-order chi connectivity index (χ0) is 16.6. The van der Waals surface area contributed by atoms with Crippen LogP contribution < -0.4 is 14.8 Å². The lowest BCUT2D eigenvalue weighted by Gasteiger charge is -2.23. The number of sulfonamides is 1. The zero-order valence-electron chi connectivity index (χ0n) is 12.0. The third-order valence-corrected chi connectivity index (χ3v) is 4.68. The minimum atomic E-state index is -3.85. The average Bonchev–Trinajstić information content (AvgIpc) is 2.49. The van der Waals surface area contributed by atoms with Crippen LogP contribution in [0.3, 0.4) is 0 Å². The van der Waals surface area contributed by atoms with E-state index in [0.717, 1.165) is 12.1 Å². The van der Waals surface area contributed by atoms with Gasteiger partial charge in [-0.2, -0.15) is 0 Å². The summed E-state index contributed by atoms with van der Waals surface area (Å²) in [5.41, 5.74) is 0.638. The van der Waals surface area contributed by atoms with Gasteiger partial charge >= 0.3 is 0 Å². The van der Waals surface area contributed by atoms with Crippen molar-refractivity contribution in [1.82, 2.24) is 0 Å². The van der Waals surface area contributed by atoms with Gasteiger partial charge in [-0.05, 0) is 49.4 Å². The Bertz CT molecular complexity index is 866. The van der Waals surface area contributed by atoms with E-state index < -0.39 is 21.9 Å². The fourth-order valence-corrected chi connectivity index (χ4v) is 3.15. The van der Waals surface area contributed by atoms with Gasteiger partial charge in [0.2, 0.25) is 0 Å². The number of carbonyl (C=O) groups excluding carboxylic acids is 1. The molecule has 2 aromatic rings. The number of nitrogens with one attached hydrogen (secondary N) is 2. The van der Waals surface area contributed by atoms with Crippen LogP contribution in [0.4, 0.5) is 15.8 Å². The van der Waals surface area contributed by atoms with Crippen LogP contribution in [0.15, 0.2) is 47.4 Å². The summed E-state index contributed by atoms with van der Waals surface area (Å²) in [6, 6.07) is 9.01. The Morgan fingerprint density at radius 3 is 2.57 bits per heavy atom. The molecule has 2 N–H and O–H groups in total. The predicted molar refractivity (Wildman–Crippen MR) is 82.4 cm³/mol. The van der Waals surface area contributed by atoms with E-state index in [1.807, 2.05) is 0 Å². The van der Waals surface area contributed by atoms with Crippen molar-refractivity contribution in [1.29, 1.82) is 0 Å². The molecule has 0 radical (unpaired) electrons. The maximum absolute atomic E-state index is 12.9. The summed E-state index contributed by atoms with van der Waals surface area (Å²) in [5.74, 6) is -0.371. The van der Waals surface area contributed by atoms with E-state index in [1.165, 1.54) is 24.3 Å². The number of fused-ring (bicyclic) bond motifs is 1. The predicted octanol–water partition coefficient (Wildman–Crippen LogP) is 2.35. The molecular weight excluding hydrogens is 323 g/mol. The molecule has 120 valence electrons. The summed E-state index contributed by atoms with van der Waals surface area (Å²) in [4.78, 5) is 11.5. The molecule has 0 aliphatic carbocycles. The Morgan fingerprint density at radius 1 is 1.17 bits per heavy atom. The van der Waals surface area contributed by atoms with Gasteiger partial charge in [-0.3, -0.25) is 9.52 Å². The molecule has 2 aromatic carbocycles. The van der Waals surface area contributed by atoms with Gasteiger partial charge in [-0.15, -0.1) is 0 Å². The summed E-state index contributed by atoms with van der Waals surface area (Å²) in [6.45, 7) is 1.61. The first-order valence-electron chi connectivity index (χ1n) is 6.75. The molecule has 0 saturated heterocycles. The molecule has 3 rings (SSSR count). The SMILES string of the molecule is CC1Oc2ccc(NS(=O)(=O)c3ccc(F)cc3)cc2NC1=O. The largest absolute Gasteiger partial charge is 0.479 e. The minimum absolute atomic E-state index is 0.0643. The second kappa shape index (κ2) is 5.54. The van der Waals surface area contributed by atoms with Crippen LogP contribution in [0.5, 0.6) is 5.75 Å². The first-order chi connectivity index (χ1) is 10.8. The normalized spacial score (nSPS) is 17.0. The highest BCUT2D eigenvalue weighted by atomic mass is 32.2. The van der Waals surface area contributed by atoms with Crippen LogP contribution in [0, 0.1) is 5.82 Å². The molecule has 1 unspecified atom stereocenters. The second-order valence-corrected chi connectivity index (χ2v) is 6.70. The number of anilines is 2. The first-order valence-corrected chi connectivity index (χ1v) is 8.23. The van der Waals surface area contributed by atoms with Crippen LogP contribution >= 0.6 is 0 Å². The van der Waals surface area contributed by atoms with Crippen LogP contribution in [0.1, 0.15) is 6.92 Å². The number of benzene rings is 2. The van der Waals surface area contributed by atoms with E-state index >= 15 is 0 Å². The molecule has 6 nitrogen and oxygen atoms in total. The molecule has 0 spiro atoms. The monoisotopic (exact) mass is 336 g/mol. The zero-order valence-corrected chi connectivity index (χ0v) is 12.9. The minimum Gasteiger partial charge on any atom is -0.479 e. The molecular formula is C15H13FN2O4S. The molecule has 0 saturated carbocycles. The summed E-state index contributed by atoms with van der Waals surface area (Å²) < 4.78 is 45.1. The molecule has 23 heavy (non-hydrogen) atoms. The van der Waals surface area contributed by atoms with E-state index in [2.05, 4.69) is 10.0 Å². The van der Waals surface area contributed by atoms with E-state index in [1.54, 1.807) is 13.0 Å². The molecule has 1 atom stereocenters. The highest BCUT2D eigenvalue weighted by molar-refractivity contribution is 7.92. The van der Waals surface area contributed by atoms with Crippen molar-refractivity contribution < 1.29 is 22.3 Å². The van der Waals surface area contributed by atoms with Gasteiger partial charge in [0.25, 0.3) is 15.9 Å². The van der Waals surface area contributed by atoms with Crippen molar-refractivity contribution in [2.24, 2.45) is 0 Å². The molecule has 1 heterocycles. The van der Waals surface area contributed by atoms with Crippen molar-refractivity contribution in [2.45, 2.75) is 17.9 Å². The van der Waals surface area contributed by atoms with Crippen molar-refractivity contribution in [3.05, 3.63) is 48.3 Å². The number of hydrogen-bond acceptors (Lipinski definition) is 4. The number of amides is 1. The molecule has 0 fully saturated rings. The van der Waals surface area contributed by atoms with Crippen LogP contribution in [-0.4, -0.2) is 20.4 Å². The summed E-state index contributed by atoms with van der Waals surface area (Å²) >= 11 is 0. The highest BCUT2D eigenvalue weighted by Crippen LogP contribution is 2.32. The quantitative estimate of drug-likeness (QED) is 0.901. The van der Waals surface area contributed by atoms with Crippen LogP contribution in [0.25, 0.3) is 0 Å². The third-order valence-electron chi connectivity index (χ3n) is 3.29. The van der Waals surface area contributed by atoms with Gasteiger partial charge in [0.05, 0.1) is 16.3 Å². The second-order valence-electron chi connectivity index (χ2n) is 5.02. The van der Waals surface area contributed by atoms with Crippen molar-refractivity contribution >= 4 is 27.3 Å². The molecule has 1 aliphatic heterocycles. The average molecular weight is 336 g/mol. The number of carbonyl (C=O) groups is 1. The number of rotatable bonds is 3. The Hall–Kier alpha value is -2.61. The Labute approximate surface area is 132 Å². The Morgan fingerprint density at radius 2 is 1.87 bits per heavy atom. The summed E-state index contributed by atoms with van der Waals surface area (Å²) in [6.07, 6.45) is -0.607. The summed E-state index contributed by atoms with van der Waals surface area (Å²) in [7, 11) is -3.85. The first kappa shape index (κ1) is 15.3. The van der Waals surface area contributed by atoms with E-state index in [-0.39, 0.29) is 16.5 Å². The van der Waals surface area contributed by atoms with E-state index in [0.29, 0.717) is 11.4 Å². The van der Waals surface area contributed by atoms with Gasteiger partial charge in [-0.25, -0.2) is 12.8 Å². The van der Waals surface area contributed by atoms with Gasteiger partial charge in [0.1, 0.15) is 11.6 Å². The third kappa shape index (κ3) is 3.11. The standard InChI is InChI=1S/C15H13FN2O4S/c1-9-15(19)17-13-8-11(4-7-14(13)22-9)18-23(20,21)12-5-2-10(16)3-6-12/h2-9,18H,1H3,(H,17,19). The fraction of sp³-hybridized carbons (Fsp3) is 0.133.